The van der Waals surface area contributed by atoms with Gasteiger partial charge >= 0.3 is 0 Å². The van der Waals surface area contributed by atoms with E-state index in [0.717, 1.165) is 4.47 Å². The highest BCUT2D eigenvalue weighted by Crippen LogP contribution is 2.35. The Morgan fingerprint density at radius 1 is 1.53 bits per heavy atom. The van der Waals surface area contributed by atoms with Gasteiger partial charge in [-0.25, -0.2) is 0 Å². The smallest absolute Gasteiger partial charge is 0.240 e. The molecule has 1 aromatic rings. The predicted molar refractivity (Wildman–Crippen MR) is 68.8 cm³/mol. The number of hydrogen-bond acceptors (Lipinski definition) is 3. The van der Waals surface area contributed by atoms with Crippen molar-refractivity contribution in [1.82, 2.24) is 0 Å². The molecule has 2 rings (SSSR count). The molecule has 1 heterocycles. The monoisotopic (exact) mass is 297 g/mol. The third kappa shape index (κ3) is 2.32. The van der Waals surface area contributed by atoms with Crippen LogP contribution in [-0.4, -0.2) is 24.9 Å². The molecule has 90 valence electrons. The Morgan fingerprint density at radius 2 is 2.29 bits per heavy atom. The van der Waals surface area contributed by atoms with Crippen LogP contribution in [0.15, 0.2) is 22.7 Å². The maximum Gasteiger partial charge on any atom is 0.240 e. The van der Waals surface area contributed by atoms with Crippen molar-refractivity contribution in [2.75, 3.05) is 23.3 Å². The average molecular weight is 298 g/mol. The van der Waals surface area contributed by atoms with Crippen LogP contribution in [-0.2, 0) is 9.59 Å². The van der Waals surface area contributed by atoms with Gasteiger partial charge in [-0.05, 0) is 28.1 Å². The molecule has 1 aliphatic heterocycles. The van der Waals surface area contributed by atoms with Crippen LogP contribution in [0.2, 0.25) is 0 Å². The number of halogens is 1. The van der Waals surface area contributed by atoms with Gasteiger partial charge < -0.3 is 16.0 Å². The second kappa shape index (κ2) is 4.85. The molecule has 0 saturated carbocycles. The van der Waals surface area contributed by atoms with Gasteiger partial charge in [-0.15, -0.1) is 0 Å². The topological polar surface area (TPSA) is 75.4 Å². The standard InChI is InChI=1S/C11H12BrN3O2/c12-7-2-1-3-8-11(7)14-9(16)4-5-15(8)10(17)6-13/h1-3H,4-6,13H2,(H,14,16). The number of nitrogens with one attached hydrogen (secondary N) is 1. The molecule has 0 bridgehead atoms. The largest absolute Gasteiger partial charge is 0.323 e. The maximum atomic E-state index is 11.7. The van der Waals surface area contributed by atoms with Gasteiger partial charge in [0.2, 0.25) is 11.8 Å². The molecule has 5 nitrogen and oxygen atoms in total. The number of para-hydroxylation sites is 1. The first kappa shape index (κ1) is 12.1. The lowest BCUT2D eigenvalue weighted by molar-refractivity contribution is -0.117. The molecule has 3 N–H and O–H groups in total. The first-order valence-electron chi connectivity index (χ1n) is 5.22. The van der Waals surface area contributed by atoms with Crippen LogP contribution in [0.5, 0.6) is 0 Å². The minimum atomic E-state index is -0.194. The van der Waals surface area contributed by atoms with E-state index < -0.39 is 0 Å². The average Bonchev–Trinajstić information content (AvgIpc) is 2.48. The summed E-state index contributed by atoms with van der Waals surface area (Å²) in [5.74, 6) is -0.300. The van der Waals surface area contributed by atoms with Gasteiger partial charge in [0.15, 0.2) is 0 Å². The summed E-state index contributed by atoms with van der Waals surface area (Å²) in [7, 11) is 0. The molecule has 1 aliphatic rings. The summed E-state index contributed by atoms with van der Waals surface area (Å²) in [6.45, 7) is 0.283. The number of anilines is 2. The second-order valence-electron chi connectivity index (χ2n) is 3.68. The number of rotatable bonds is 1. The van der Waals surface area contributed by atoms with E-state index in [1.54, 1.807) is 6.07 Å². The number of amides is 2. The van der Waals surface area contributed by atoms with Crippen LogP contribution >= 0.6 is 15.9 Å². The lowest BCUT2D eigenvalue weighted by atomic mass is 10.2. The Morgan fingerprint density at radius 3 is 3.00 bits per heavy atom. The van der Waals surface area contributed by atoms with Crippen molar-refractivity contribution in [2.45, 2.75) is 6.42 Å². The summed E-state index contributed by atoms with van der Waals surface area (Å²) in [6, 6.07) is 5.42. The summed E-state index contributed by atoms with van der Waals surface area (Å²) in [5.41, 5.74) is 6.68. The van der Waals surface area contributed by atoms with Crippen LogP contribution in [0.25, 0.3) is 0 Å². The lowest BCUT2D eigenvalue weighted by Gasteiger charge is -2.21. The first-order valence-corrected chi connectivity index (χ1v) is 6.01. The van der Waals surface area contributed by atoms with E-state index in [0.29, 0.717) is 17.9 Å². The van der Waals surface area contributed by atoms with E-state index in [9.17, 15) is 9.59 Å². The Balaban J connectivity index is 2.50. The molecule has 0 unspecified atom stereocenters. The second-order valence-corrected chi connectivity index (χ2v) is 4.54. The summed E-state index contributed by atoms with van der Waals surface area (Å²) < 4.78 is 0.750. The van der Waals surface area contributed by atoms with E-state index in [-0.39, 0.29) is 24.8 Å². The fraction of sp³-hybridized carbons (Fsp3) is 0.273. The molecule has 0 saturated heterocycles. The fourth-order valence-corrected chi connectivity index (χ4v) is 2.22. The minimum absolute atomic E-state index is 0.0693. The number of carbonyl (C=O) groups is 2. The molecule has 0 spiro atoms. The van der Waals surface area contributed by atoms with Crippen molar-refractivity contribution >= 4 is 39.1 Å². The molecular formula is C11H12BrN3O2. The molecule has 2 amide bonds. The highest BCUT2D eigenvalue weighted by molar-refractivity contribution is 9.10. The van der Waals surface area contributed by atoms with E-state index in [1.165, 1.54) is 4.90 Å². The highest BCUT2D eigenvalue weighted by atomic mass is 79.9. The molecule has 0 atom stereocenters. The first-order chi connectivity index (χ1) is 8.13. The summed E-state index contributed by atoms with van der Waals surface area (Å²) in [5, 5.41) is 2.78. The number of hydrogen-bond donors (Lipinski definition) is 2. The van der Waals surface area contributed by atoms with Crippen molar-refractivity contribution in [3.8, 4) is 0 Å². The van der Waals surface area contributed by atoms with Crippen LogP contribution < -0.4 is 16.0 Å². The Labute approximate surface area is 107 Å². The van der Waals surface area contributed by atoms with Crippen LogP contribution in [0, 0.1) is 0 Å². The van der Waals surface area contributed by atoms with Gasteiger partial charge in [0.25, 0.3) is 0 Å². The molecule has 1 aromatic carbocycles. The minimum Gasteiger partial charge on any atom is -0.323 e. The third-order valence-electron chi connectivity index (χ3n) is 2.58. The zero-order chi connectivity index (χ0) is 12.4. The van der Waals surface area contributed by atoms with E-state index in [2.05, 4.69) is 21.2 Å². The summed E-state index contributed by atoms with van der Waals surface area (Å²) in [4.78, 5) is 24.8. The van der Waals surface area contributed by atoms with E-state index in [4.69, 9.17) is 5.73 Å². The van der Waals surface area contributed by atoms with Crippen molar-refractivity contribution in [3.05, 3.63) is 22.7 Å². The molecule has 17 heavy (non-hydrogen) atoms. The Kier molecular flexibility index (Phi) is 3.44. The SMILES string of the molecule is NCC(=O)N1CCC(=O)Nc2c(Br)cccc21. The number of nitrogens with two attached hydrogens (primary N) is 1. The predicted octanol–water partition coefficient (Wildman–Crippen LogP) is 1.08. The molecule has 0 aliphatic carbocycles. The van der Waals surface area contributed by atoms with Gasteiger partial charge in [0.1, 0.15) is 0 Å². The van der Waals surface area contributed by atoms with Gasteiger partial charge in [-0.1, -0.05) is 6.07 Å². The zero-order valence-corrected chi connectivity index (χ0v) is 10.7. The van der Waals surface area contributed by atoms with Crippen LogP contribution in [0.1, 0.15) is 6.42 Å². The highest BCUT2D eigenvalue weighted by Gasteiger charge is 2.24. The van der Waals surface area contributed by atoms with E-state index in [1.807, 2.05) is 12.1 Å². The molecule has 0 radical (unpaired) electrons. The van der Waals surface area contributed by atoms with Crippen LogP contribution in [0.3, 0.4) is 0 Å². The maximum absolute atomic E-state index is 11.7. The summed E-state index contributed by atoms with van der Waals surface area (Å²) in [6.07, 6.45) is 0.271. The van der Waals surface area contributed by atoms with Gasteiger partial charge in [0, 0.05) is 17.4 Å². The number of benzene rings is 1. The Hall–Kier alpha value is -1.40. The fourth-order valence-electron chi connectivity index (χ4n) is 1.77. The normalized spacial score (nSPS) is 14.9. The molecular weight excluding hydrogens is 286 g/mol. The van der Waals surface area contributed by atoms with Crippen molar-refractivity contribution < 1.29 is 9.59 Å². The van der Waals surface area contributed by atoms with Crippen molar-refractivity contribution in [3.63, 3.8) is 0 Å². The van der Waals surface area contributed by atoms with Gasteiger partial charge in [-0.2, -0.15) is 0 Å². The quantitative estimate of drug-likeness (QED) is 0.814. The zero-order valence-electron chi connectivity index (χ0n) is 9.07. The van der Waals surface area contributed by atoms with Gasteiger partial charge in [0.05, 0.1) is 17.9 Å². The third-order valence-corrected chi connectivity index (χ3v) is 3.25. The lowest BCUT2D eigenvalue weighted by Crippen LogP contribution is -2.36. The van der Waals surface area contributed by atoms with Crippen molar-refractivity contribution in [2.24, 2.45) is 5.73 Å². The van der Waals surface area contributed by atoms with Gasteiger partial charge in [-0.3, -0.25) is 9.59 Å². The van der Waals surface area contributed by atoms with Crippen molar-refractivity contribution in [1.29, 1.82) is 0 Å². The number of carbonyl (C=O) groups excluding carboxylic acids is 2. The number of nitrogens with zero attached hydrogens (tertiary/aromatic N) is 1. The molecule has 0 aromatic heterocycles. The molecule has 0 fully saturated rings. The summed E-state index contributed by atoms with van der Waals surface area (Å²) >= 11 is 3.36. The van der Waals surface area contributed by atoms with Crippen LogP contribution in [0.4, 0.5) is 11.4 Å². The van der Waals surface area contributed by atoms with E-state index >= 15 is 0 Å². The molecule has 6 heteroatoms. The number of fused-ring (bicyclic) bond motifs is 1. The Bertz CT molecular complexity index is 476.